The van der Waals surface area contributed by atoms with Crippen LogP contribution in [0.25, 0.3) is 0 Å². The molecule has 0 bridgehead atoms. The fraction of sp³-hybridized carbons (Fsp3) is 0.483. The molecule has 39 heavy (non-hydrogen) atoms. The van der Waals surface area contributed by atoms with Crippen LogP contribution in [0.4, 0.5) is 11.6 Å². The summed E-state index contributed by atoms with van der Waals surface area (Å²) in [5.41, 5.74) is 4.16. The summed E-state index contributed by atoms with van der Waals surface area (Å²) in [5.74, 6) is 1.08. The van der Waals surface area contributed by atoms with Crippen molar-refractivity contribution in [2.45, 2.75) is 58.7 Å². The molecule has 4 rings (SSSR count). The second-order valence-electron chi connectivity index (χ2n) is 10.7. The lowest BCUT2D eigenvalue weighted by atomic mass is 9.86. The molecule has 10 heteroatoms. The van der Waals surface area contributed by atoms with Crippen molar-refractivity contribution in [3.8, 4) is 11.8 Å². The Morgan fingerprint density at radius 2 is 1.62 bits per heavy atom. The predicted octanol–water partition coefficient (Wildman–Crippen LogP) is 4.76. The fourth-order valence-corrected chi connectivity index (χ4v) is 5.01. The van der Waals surface area contributed by atoms with Crippen LogP contribution in [-0.4, -0.2) is 50.2 Å². The topological polar surface area (TPSA) is 120 Å². The molecule has 1 amide bonds. The van der Waals surface area contributed by atoms with Crippen LogP contribution in [0.2, 0.25) is 0 Å². The molecule has 0 radical (unpaired) electrons. The van der Waals surface area contributed by atoms with Gasteiger partial charge in [-0.05, 0) is 89.0 Å². The van der Waals surface area contributed by atoms with E-state index < -0.39 is 5.91 Å². The highest BCUT2D eigenvalue weighted by atomic mass is 16.5. The van der Waals surface area contributed by atoms with Gasteiger partial charge in [-0.2, -0.15) is 9.97 Å². The van der Waals surface area contributed by atoms with Crippen molar-refractivity contribution in [1.82, 2.24) is 15.3 Å². The summed E-state index contributed by atoms with van der Waals surface area (Å²) in [6, 6.07) is 7.87. The number of methoxy groups -OCH3 is 2. The van der Waals surface area contributed by atoms with Gasteiger partial charge in [0.25, 0.3) is 5.91 Å². The lowest BCUT2D eigenvalue weighted by Crippen LogP contribution is -2.22. The Labute approximate surface area is 229 Å². The molecule has 0 atom stereocenters. The average Bonchev–Trinajstić information content (AvgIpc) is 3.42. The Morgan fingerprint density at radius 3 is 2.23 bits per heavy atom. The summed E-state index contributed by atoms with van der Waals surface area (Å²) in [4.78, 5) is 21.8. The van der Waals surface area contributed by atoms with Crippen molar-refractivity contribution in [2.75, 3.05) is 45.0 Å². The second-order valence-corrected chi connectivity index (χ2v) is 10.7. The number of aromatic nitrogens is 2. The summed E-state index contributed by atoms with van der Waals surface area (Å²) < 4.78 is 23.1. The lowest BCUT2D eigenvalue weighted by molar-refractivity contribution is -0.105. The predicted molar refractivity (Wildman–Crippen MR) is 150 cm³/mol. The van der Waals surface area contributed by atoms with Gasteiger partial charge in [-0.3, -0.25) is 4.79 Å². The van der Waals surface area contributed by atoms with Crippen LogP contribution in [-0.2, 0) is 22.4 Å². The molecule has 2 aromatic heterocycles. The molecule has 3 aromatic rings. The monoisotopic (exact) mass is 537 g/mol. The van der Waals surface area contributed by atoms with E-state index in [2.05, 4.69) is 72.7 Å². The molecule has 3 N–H and O–H groups in total. The van der Waals surface area contributed by atoms with E-state index in [4.69, 9.17) is 18.6 Å². The molecule has 0 spiro atoms. The number of fused-ring (bicyclic) bond motifs is 1. The number of amides is 1. The van der Waals surface area contributed by atoms with Gasteiger partial charge in [-0.1, -0.05) is 12.1 Å². The van der Waals surface area contributed by atoms with E-state index in [1.54, 1.807) is 6.07 Å². The normalized spacial score (nSPS) is 15.1. The number of nitrogens with one attached hydrogen (secondary N) is 3. The third-order valence-corrected chi connectivity index (χ3v) is 6.89. The van der Waals surface area contributed by atoms with E-state index in [-0.39, 0.29) is 34.4 Å². The zero-order valence-corrected chi connectivity index (χ0v) is 24.1. The molecule has 0 saturated carbocycles. The van der Waals surface area contributed by atoms with E-state index in [9.17, 15) is 4.79 Å². The summed E-state index contributed by atoms with van der Waals surface area (Å²) >= 11 is 0. The van der Waals surface area contributed by atoms with Crippen LogP contribution in [0.15, 0.2) is 28.7 Å². The second kappa shape index (κ2) is 11.2. The number of furan rings is 1. The summed E-state index contributed by atoms with van der Waals surface area (Å²) in [7, 11) is 4.84. The average molecular weight is 538 g/mol. The molecule has 0 fully saturated rings. The number of hydrogen-bond acceptors (Lipinski definition) is 9. The minimum absolute atomic E-state index is 0.159. The SMILES string of the molecule is CNCCCNc1nc(OC)c(NC(=O)c2ccc(Cc3cc4c(cc3C)C(C)(C)OC4(C)C)o2)c(OC)n1. The molecule has 10 nitrogen and oxygen atoms in total. The summed E-state index contributed by atoms with van der Waals surface area (Å²) in [5, 5.41) is 9.00. The van der Waals surface area contributed by atoms with E-state index in [0.29, 0.717) is 24.7 Å². The first-order chi connectivity index (χ1) is 18.5. The van der Waals surface area contributed by atoms with Gasteiger partial charge in [-0.25, -0.2) is 0 Å². The highest BCUT2D eigenvalue weighted by Crippen LogP contribution is 2.47. The van der Waals surface area contributed by atoms with Gasteiger partial charge in [0.15, 0.2) is 11.4 Å². The number of rotatable bonds is 11. The Balaban J connectivity index is 1.51. The van der Waals surface area contributed by atoms with Crippen LogP contribution in [0.5, 0.6) is 11.8 Å². The maximum Gasteiger partial charge on any atom is 0.291 e. The standard InChI is InChI=1S/C29H39N5O5/c1-17-14-20-21(29(4,5)39-28(20,2)3)16-18(17)15-19-10-11-22(38-19)24(35)32-23-25(36-7)33-27(34-26(23)37-8)31-13-9-12-30-6/h10-11,14,16,30H,9,12-13,15H2,1-8H3,(H,32,35)(H,31,33,34). The third kappa shape index (κ3) is 6.02. The van der Waals surface area contributed by atoms with Gasteiger partial charge < -0.3 is 34.6 Å². The zero-order valence-electron chi connectivity index (χ0n) is 24.1. The number of anilines is 2. The first kappa shape index (κ1) is 28.4. The van der Waals surface area contributed by atoms with Crippen molar-refractivity contribution in [2.24, 2.45) is 0 Å². The molecule has 0 saturated heterocycles. The molecular formula is C29H39N5O5. The molecule has 1 aromatic carbocycles. The van der Waals surface area contributed by atoms with E-state index >= 15 is 0 Å². The molecule has 210 valence electrons. The number of carbonyl (C=O) groups is 1. The van der Waals surface area contributed by atoms with Crippen LogP contribution < -0.4 is 25.4 Å². The van der Waals surface area contributed by atoms with Gasteiger partial charge in [0.2, 0.25) is 17.7 Å². The van der Waals surface area contributed by atoms with Gasteiger partial charge in [-0.15, -0.1) is 0 Å². The minimum atomic E-state index is -0.460. The Morgan fingerprint density at radius 1 is 0.974 bits per heavy atom. The number of carbonyl (C=O) groups excluding carboxylic acids is 1. The first-order valence-electron chi connectivity index (χ1n) is 13.1. The molecule has 1 aliphatic rings. The van der Waals surface area contributed by atoms with E-state index in [1.165, 1.54) is 25.3 Å². The maximum absolute atomic E-state index is 13.1. The van der Waals surface area contributed by atoms with Crippen molar-refractivity contribution in [3.05, 3.63) is 58.0 Å². The number of nitrogens with zero attached hydrogens (tertiary/aromatic N) is 2. The molecule has 3 heterocycles. The van der Waals surface area contributed by atoms with Crippen molar-refractivity contribution < 1.29 is 23.4 Å². The zero-order chi connectivity index (χ0) is 28.4. The van der Waals surface area contributed by atoms with Crippen molar-refractivity contribution >= 4 is 17.5 Å². The van der Waals surface area contributed by atoms with Gasteiger partial charge in [0.05, 0.1) is 25.4 Å². The molecular weight excluding hydrogens is 498 g/mol. The molecule has 1 aliphatic heterocycles. The molecule has 0 unspecified atom stereocenters. The van der Waals surface area contributed by atoms with E-state index in [0.717, 1.165) is 24.1 Å². The highest BCUT2D eigenvalue weighted by Gasteiger charge is 2.43. The summed E-state index contributed by atoms with van der Waals surface area (Å²) in [6.07, 6.45) is 1.44. The van der Waals surface area contributed by atoms with E-state index in [1.807, 2.05) is 13.1 Å². The number of benzene rings is 1. The minimum Gasteiger partial charge on any atom is -0.479 e. The van der Waals surface area contributed by atoms with Crippen molar-refractivity contribution in [3.63, 3.8) is 0 Å². The first-order valence-corrected chi connectivity index (χ1v) is 13.1. The fourth-order valence-electron chi connectivity index (χ4n) is 5.01. The van der Waals surface area contributed by atoms with Gasteiger partial charge >= 0.3 is 0 Å². The van der Waals surface area contributed by atoms with Crippen LogP contribution in [0.1, 0.15) is 72.7 Å². The highest BCUT2D eigenvalue weighted by molar-refractivity contribution is 6.03. The van der Waals surface area contributed by atoms with Gasteiger partial charge in [0, 0.05) is 13.0 Å². The lowest BCUT2D eigenvalue weighted by Gasteiger charge is -2.24. The Kier molecular flexibility index (Phi) is 8.17. The molecule has 0 aliphatic carbocycles. The number of aryl methyl sites for hydroxylation is 1. The number of hydrogen-bond donors (Lipinski definition) is 3. The summed E-state index contributed by atoms with van der Waals surface area (Å²) in [6.45, 7) is 12.0. The Bertz CT molecular complexity index is 1320. The number of ether oxygens (including phenoxy) is 3. The smallest absolute Gasteiger partial charge is 0.291 e. The Hall–Kier alpha value is -3.63. The van der Waals surface area contributed by atoms with Crippen LogP contribution >= 0.6 is 0 Å². The quantitative estimate of drug-likeness (QED) is 0.297. The third-order valence-electron chi connectivity index (χ3n) is 6.89. The van der Waals surface area contributed by atoms with Gasteiger partial charge in [0.1, 0.15) is 5.76 Å². The van der Waals surface area contributed by atoms with Crippen LogP contribution in [0.3, 0.4) is 0 Å². The maximum atomic E-state index is 13.1. The largest absolute Gasteiger partial charge is 0.479 e. The van der Waals surface area contributed by atoms with Crippen molar-refractivity contribution in [1.29, 1.82) is 0 Å². The van der Waals surface area contributed by atoms with Crippen LogP contribution in [0, 0.1) is 6.92 Å².